The molecule has 1 atom stereocenters. The van der Waals surface area contributed by atoms with Crippen LogP contribution < -0.4 is 10.4 Å². The first-order valence-corrected chi connectivity index (χ1v) is 12.5. The lowest BCUT2D eigenvalue weighted by molar-refractivity contribution is -0.00716. The summed E-state index contributed by atoms with van der Waals surface area (Å²) in [5.74, 6) is 0. The van der Waals surface area contributed by atoms with Gasteiger partial charge in [-0.1, -0.05) is 112 Å². The Labute approximate surface area is 181 Å². The highest BCUT2D eigenvalue weighted by atomic mass is 28.4. The van der Waals surface area contributed by atoms with Gasteiger partial charge in [0, 0.05) is 6.42 Å². The maximum atomic E-state index is 7.18. The van der Waals surface area contributed by atoms with Crippen LogP contribution >= 0.6 is 0 Å². The van der Waals surface area contributed by atoms with Crippen molar-refractivity contribution in [3.8, 4) is 0 Å². The summed E-state index contributed by atoms with van der Waals surface area (Å²) in [7, 11) is -2.60. The molecule has 0 spiro atoms. The molecule has 4 rings (SSSR count). The minimum Gasteiger partial charge on any atom is -0.488 e. The van der Waals surface area contributed by atoms with Crippen LogP contribution in [0, 0.1) is 0 Å². The van der Waals surface area contributed by atoms with Gasteiger partial charge in [0.2, 0.25) is 0 Å². The van der Waals surface area contributed by atoms with Gasteiger partial charge in [0.15, 0.2) is 5.60 Å². The first-order valence-electron chi connectivity index (χ1n) is 10.6. The van der Waals surface area contributed by atoms with Crippen molar-refractivity contribution in [3.63, 3.8) is 0 Å². The lowest BCUT2D eigenvalue weighted by atomic mass is 9.92. The Morgan fingerprint density at radius 1 is 0.800 bits per heavy atom. The summed E-state index contributed by atoms with van der Waals surface area (Å²) < 4.78 is 13.4. The van der Waals surface area contributed by atoms with Crippen LogP contribution in [-0.2, 0) is 14.8 Å². The van der Waals surface area contributed by atoms with Gasteiger partial charge < -0.3 is 9.16 Å². The summed E-state index contributed by atoms with van der Waals surface area (Å²) in [6, 6.07) is 32.0. The molecular formula is C27H30O2Si. The minimum atomic E-state index is -2.60. The van der Waals surface area contributed by atoms with E-state index in [1.165, 1.54) is 10.4 Å². The van der Waals surface area contributed by atoms with Crippen molar-refractivity contribution in [2.45, 2.75) is 37.8 Å². The molecule has 3 heteroatoms. The number of ether oxygens (including phenoxy) is 1. The van der Waals surface area contributed by atoms with Gasteiger partial charge in [0.25, 0.3) is 8.32 Å². The van der Waals surface area contributed by atoms with Crippen LogP contribution in [0.4, 0.5) is 0 Å². The first kappa shape index (κ1) is 20.6. The Hall–Kier alpha value is -2.62. The van der Waals surface area contributed by atoms with Crippen LogP contribution in [0.1, 0.15) is 32.8 Å². The van der Waals surface area contributed by atoms with Crippen LogP contribution in [0.2, 0.25) is 5.04 Å². The lowest BCUT2D eigenvalue weighted by Gasteiger charge is -2.45. The monoisotopic (exact) mass is 414 g/mol. The zero-order valence-electron chi connectivity index (χ0n) is 18.0. The van der Waals surface area contributed by atoms with Gasteiger partial charge in [-0.25, -0.2) is 0 Å². The molecule has 30 heavy (non-hydrogen) atoms. The summed E-state index contributed by atoms with van der Waals surface area (Å²) in [5.41, 5.74) is 0.682. The third-order valence-corrected chi connectivity index (χ3v) is 11.1. The van der Waals surface area contributed by atoms with Gasteiger partial charge in [-0.3, -0.25) is 0 Å². The molecule has 1 aliphatic heterocycles. The van der Waals surface area contributed by atoms with Crippen molar-refractivity contribution in [2.75, 3.05) is 6.61 Å². The summed E-state index contributed by atoms with van der Waals surface area (Å²) in [6.07, 6.45) is 4.73. The SMILES string of the molecule is CC(C)(C)[Si](OC[C@@]1(c2ccccc2)CC=CO1)(c1ccccc1)c1ccccc1. The largest absolute Gasteiger partial charge is 0.488 e. The zero-order valence-corrected chi connectivity index (χ0v) is 19.0. The van der Waals surface area contributed by atoms with Crippen LogP contribution in [0.25, 0.3) is 0 Å². The minimum absolute atomic E-state index is 0.0559. The highest BCUT2D eigenvalue weighted by molar-refractivity contribution is 6.99. The van der Waals surface area contributed by atoms with Gasteiger partial charge in [-0.2, -0.15) is 0 Å². The molecule has 0 saturated heterocycles. The molecule has 0 amide bonds. The van der Waals surface area contributed by atoms with Crippen LogP contribution in [-0.4, -0.2) is 14.9 Å². The van der Waals surface area contributed by atoms with Crippen LogP contribution in [0.15, 0.2) is 103 Å². The second-order valence-corrected chi connectivity index (χ2v) is 13.3. The molecule has 3 aromatic carbocycles. The van der Waals surface area contributed by atoms with Crippen molar-refractivity contribution < 1.29 is 9.16 Å². The van der Waals surface area contributed by atoms with Crippen molar-refractivity contribution >= 4 is 18.7 Å². The predicted molar refractivity (Wildman–Crippen MR) is 127 cm³/mol. The number of rotatable bonds is 6. The standard InChI is InChI=1S/C27H30O2Si/c1-26(2,3)30(24-16-9-5-10-17-24,25-18-11-6-12-19-25)29-22-27(20-13-21-28-27)23-14-7-4-8-15-23/h4-19,21H,20,22H2,1-3H3/t27-/m1/s1. The summed E-state index contributed by atoms with van der Waals surface area (Å²) in [5, 5.41) is 2.52. The van der Waals surface area contributed by atoms with Crippen molar-refractivity contribution in [1.82, 2.24) is 0 Å². The molecule has 0 aliphatic carbocycles. The number of hydrogen-bond donors (Lipinski definition) is 0. The maximum absolute atomic E-state index is 7.18. The predicted octanol–water partition coefficient (Wildman–Crippen LogP) is 5.39. The van der Waals surface area contributed by atoms with Crippen molar-refractivity contribution in [2.24, 2.45) is 0 Å². The Morgan fingerprint density at radius 2 is 1.30 bits per heavy atom. The number of hydrogen-bond acceptors (Lipinski definition) is 2. The molecule has 0 fully saturated rings. The molecule has 154 valence electrons. The Kier molecular flexibility index (Phi) is 5.68. The van der Waals surface area contributed by atoms with E-state index in [-0.39, 0.29) is 5.04 Å². The molecule has 1 aliphatic rings. The number of benzene rings is 3. The summed E-state index contributed by atoms with van der Waals surface area (Å²) in [6.45, 7) is 7.43. The van der Waals surface area contributed by atoms with Gasteiger partial charge in [-0.05, 0) is 27.1 Å². The smallest absolute Gasteiger partial charge is 0.261 e. The van der Waals surface area contributed by atoms with Crippen molar-refractivity contribution in [1.29, 1.82) is 0 Å². The van der Waals surface area contributed by atoms with E-state index < -0.39 is 13.9 Å². The molecule has 1 heterocycles. The molecule has 0 N–H and O–H groups in total. The second-order valence-electron chi connectivity index (χ2n) is 9.01. The molecule has 2 nitrogen and oxygen atoms in total. The average molecular weight is 415 g/mol. The third-order valence-electron chi connectivity index (χ3n) is 6.08. The lowest BCUT2D eigenvalue weighted by Crippen LogP contribution is -2.67. The van der Waals surface area contributed by atoms with Gasteiger partial charge >= 0.3 is 0 Å². The van der Waals surface area contributed by atoms with Gasteiger partial charge in [0.1, 0.15) is 0 Å². The first-order chi connectivity index (χ1) is 14.5. The Bertz CT molecular complexity index is 928. The van der Waals surface area contributed by atoms with E-state index in [0.29, 0.717) is 6.61 Å². The van der Waals surface area contributed by atoms with Gasteiger partial charge in [0.05, 0.1) is 12.9 Å². The summed E-state index contributed by atoms with van der Waals surface area (Å²) >= 11 is 0. The molecule has 0 aromatic heterocycles. The van der Waals surface area contributed by atoms with E-state index in [2.05, 4.69) is 112 Å². The van der Waals surface area contributed by atoms with E-state index in [9.17, 15) is 0 Å². The third kappa shape index (κ3) is 3.64. The van der Waals surface area contributed by atoms with E-state index in [4.69, 9.17) is 9.16 Å². The zero-order chi connectivity index (χ0) is 21.1. The Morgan fingerprint density at radius 3 is 1.73 bits per heavy atom. The fourth-order valence-corrected chi connectivity index (χ4v) is 9.16. The molecular weight excluding hydrogens is 384 g/mol. The fraction of sp³-hybridized carbons (Fsp3) is 0.259. The quantitative estimate of drug-likeness (QED) is 0.503. The van der Waals surface area contributed by atoms with E-state index in [1.807, 2.05) is 12.3 Å². The van der Waals surface area contributed by atoms with E-state index in [0.717, 1.165) is 12.0 Å². The Balaban J connectivity index is 1.81. The highest BCUT2D eigenvalue weighted by Gasteiger charge is 2.52. The molecule has 0 bridgehead atoms. The summed E-state index contributed by atoms with van der Waals surface area (Å²) in [4.78, 5) is 0. The molecule has 0 saturated carbocycles. The molecule has 0 unspecified atom stereocenters. The second kappa shape index (κ2) is 8.25. The normalized spacial score (nSPS) is 18.9. The average Bonchev–Trinajstić information content (AvgIpc) is 3.26. The highest BCUT2D eigenvalue weighted by Crippen LogP contribution is 2.41. The van der Waals surface area contributed by atoms with Gasteiger partial charge in [-0.15, -0.1) is 0 Å². The maximum Gasteiger partial charge on any atom is 0.261 e. The fourth-order valence-electron chi connectivity index (χ4n) is 4.56. The molecule has 3 aromatic rings. The van der Waals surface area contributed by atoms with E-state index in [1.54, 1.807) is 0 Å². The topological polar surface area (TPSA) is 18.5 Å². The van der Waals surface area contributed by atoms with Crippen LogP contribution in [0.5, 0.6) is 0 Å². The van der Waals surface area contributed by atoms with Crippen molar-refractivity contribution in [3.05, 3.63) is 109 Å². The van der Waals surface area contributed by atoms with Crippen LogP contribution in [0.3, 0.4) is 0 Å². The molecule has 0 radical (unpaired) electrons. The van der Waals surface area contributed by atoms with E-state index >= 15 is 0 Å².